The maximum Gasteiger partial charge on any atom is 0.211 e. The van der Waals surface area contributed by atoms with Crippen molar-refractivity contribution in [2.24, 2.45) is 5.92 Å². The normalized spacial score (nSPS) is 20.4. The molecule has 0 radical (unpaired) electrons. The molecule has 8 heteroatoms. The van der Waals surface area contributed by atoms with E-state index in [0.717, 1.165) is 12.8 Å². The molecule has 0 aromatic heterocycles. The van der Waals surface area contributed by atoms with E-state index in [2.05, 4.69) is 15.9 Å². The summed E-state index contributed by atoms with van der Waals surface area (Å²) in [5, 5.41) is 0.535. The van der Waals surface area contributed by atoms with Gasteiger partial charge in [-0.3, -0.25) is 0 Å². The Morgan fingerprint density at radius 3 is 2.86 bits per heavy atom. The van der Waals surface area contributed by atoms with Gasteiger partial charge in [-0.15, -0.1) is 0 Å². The predicted octanol–water partition coefficient (Wildman–Crippen LogP) is 2.74. The molecule has 0 spiro atoms. The molecule has 2 N–H and O–H groups in total. The average Bonchev–Trinajstić information content (AvgIpc) is 2.36. The Morgan fingerprint density at radius 2 is 2.24 bits per heavy atom. The number of sulfonamides is 1. The molecule has 0 saturated carbocycles. The van der Waals surface area contributed by atoms with Crippen LogP contribution in [0, 0.1) is 5.92 Å². The number of hydrogen-bond donors (Lipinski definition) is 1. The Balaban J connectivity index is 2.00. The number of nitrogen functional groups attached to an aromatic ring is 1. The molecule has 1 aliphatic heterocycles. The van der Waals surface area contributed by atoms with E-state index in [1.807, 2.05) is 0 Å². The standard InChI is InChI=1S/C13H18BrClN2O3S/c1-21(18,19)17-4-2-3-9(7-17)8-20-13-11(14)5-10(15)6-12(13)16/h5-6,9H,2-4,7-8,16H2,1H3. The molecule has 1 unspecified atom stereocenters. The van der Waals surface area contributed by atoms with E-state index in [1.54, 1.807) is 12.1 Å². The number of nitrogens with two attached hydrogens (primary N) is 1. The van der Waals surface area contributed by atoms with Crippen molar-refractivity contribution in [1.82, 2.24) is 4.31 Å². The lowest BCUT2D eigenvalue weighted by atomic mass is 10.0. The van der Waals surface area contributed by atoms with Crippen LogP contribution in [-0.2, 0) is 10.0 Å². The van der Waals surface area contributed by atoms with Crippen LogP contribution >= 0.6 is 27.5 Å². The van der Waals surface area contributed by atoms with Gasteiger partial charge >= 0.3 is 0 Å². The van der Waals surface area contributed by atoms with Crippen LogP contribution in [0.2, 0.25) is 5.02 Å². The Hall–Kier alpha value is -0.500. The fourth-order valence-corrected chi connectivity index (χ4v) is 4.29. The van der Waals surface area contributed by atoms with Gasteiger partial charge in [0.15, 0.2) is 5.75 Å². The quantitative estimate of drug-likeness (QED) is 0.793. The van der Waals surface area contributed by atoms with Crippen molar-refractivity contribution in [2.45, 2.75) is 12.8 Å². The average molecular weight is 398 g/mol. The molecule has 1 saturated heterocycles. The highest BCUT2D eigenvalue weighted by molar-refractivity contribution is 9.10. The highest BCUT2D eigenvalue weighted by Gasteiger charge is 2.26. The summed E-state index contributed by atoms with van der Waals surface area (Å²) in [5.74, 6) is 0.714. The zero-order chi connectivity index (χ0) is 15.6. The van der Waals surface area contributed by atoms with Crippen LogP contribution in [0.25, 0.3) is 0 Å². The van der Waals surface area contributed by atoms with Crippen LogP contribution in [-0.4, -0.2) is 38.7 Å². The fraction of sp³-hybridized carbons (Fsp3) is 0.538. The molecule has 1 aromatic rings. The number of hydrogen-bond acceptors (Lipinski definition) is 4. The van der Waals surface area contributed by atoms with Crippen LogP contribution < -0.4 is 10.5 Å². The summed E-state index contributed by atoms with van der Waals surface area (Å²) in [6.45, 7) is 1.50. The van der Waals surface area contributed by atoms with Gasteiger partial charge in [0, 0.05) is 24.0 Å². The highest BCUT2D eigenvalue weighted by Crippen LogP contribution is 2.35. The molecule has 1 aliphatic rings. The SMILES string of the molecule is CS(=O)(=O)N1CCCC(COc2c(N)cc(Cl)cc2Br)C1. The minimum atomic E-state index is -3.14. The number of benzene rings is 1. The van der Waals surface area contributed by atoms with Gasteiger partial charge in [0.25, 0.3) is 0 Å². The minimum Gasteiger partial charge on any atom is -0.490 e. The van der Waals surface area contributed by atoms with E-state index in [4.69, 9.17) is 22.1 Å². The second kappa shape index (κ2) is 6.73. The Labute approximate surface area is 138 Å². The molecule has 2 rings (SSSR count). The topological polar surface area (TPSA) is 72.6 Å². The van der Waals surface area contributed by atoms with Gasteiger partial charge < -0.3 is 10.5 Å². The van der Waals surface area contributed by atoms with E-state index >= 15 is 0 Å². The zero-order valence-electron chi connectivity index (χ0n) is 11.7. The predicted molar refractivity (Wildman–Crippen MR) is 88.2 cm³/mol. The lowest BCUT2D eigenvalue weighted by Gasteiger charge is -2.30. The van der Waals surface area contributed by atoms with Gasteiger partial charge in [0.1, 0.15) is 0 Å². The van der Waals surface area contributed by atoms with Crippen molar-refractivity contribution in [3.63, 3.8) is 0 Å². The third-order valence-electron chi connectivity index (χ3n) is 3.45. The smallest absolute Gasteiger partial charge is 0.211 e. The Bertz CT molecular complexity index is 601. The molecule has 1 aromatic carbocycles. The van der Waals surface area contributed by atoms with Gasteiger partial charge in [0.2, 0.25) is 10.0 Å². The summed E-state index contributed by atoms with van der Waals surface area (Å²) in [7, 11) is -3.14. The molecule has 5 nitrogen and oxygen atoms in total. The summed E-state index contributed by atoms with van der Waals surface area (Å²) in [6, 6.07) is 3.35. The Kier molecular flexibility index (Phi) is 5.40. The summed E-state index contributed by atoms with van der Waals surface area (Å²) in [4.78, 5) is 0. The maximum atomic E-state index is 11.6. The number of nitrogens with zero attached hydrogens (tertiary/aromatic N) is 1. The van der Waals surface area contributed by atoms with Gasteiger partial charge in [-0.2, -0.15) is 0 Å². The summed E-state index contributed by atoms with van der Waals surface area (Å²) in [5.41, 5.74) is 6.35. The number of rotatable bonds is 4. The molecule has 1 heterocycles. The molecule has 0 bridgehead atoms. The third-order valence-corrected chi connectivity index (χ3v) is 5.53. The molecule has 0 amide bonds. The second-order valence-corrected chi connectivity index (χ2v) is 8.52. The van der Waals surface area contributed by atoms with Crippen molar-refractivity contribution in [3.8, 4) is 5.75 Å². The van der Waals surface area contributed by atoms with Crippen LogP contribution in [0.3, 0.4) is 0 Å². The van der Waals surface area contributed by atoms with Gasteiger partial charge in [-0.1, -0.05) is 11.6 Å². The van der Waals surface area contributed by atoms with Gasteiger partial charge in [0.05, 0.1) is 23.0 Å². The number of ether oxygens (including phenoxy) is 1. The summed E-state index contributed by atoms with van der Waals surface area (Å²) in [6.07, 6.45) is 3.03. The highest BCUT2D eigenvalue weighted by atomic mass is 79.9. The lowest BCUT2D eigenvalue weighted by molar-refractivity contribution is 0.180. The third kappa shape index (κ3) is 4.48. The van der Waals surface area contributed by atoms with Gasteiger partial charge in [-0.05, 0) is 40.9 Å². The van der Waals surface area contributed by atoms with Crippen molar-refractivity contribution in [3.05, 3.63) is 21.6 Å². The monoisotopic (exact) mass is 396 g/mol. The number of anilines is 1. The number of piperidine rings is 1. The molecule has 21 heavy (non-hydrogen) atoms. The second-order valence-electron chi connectivity index (χ2n) is 5.25. The van der Waals surface area contributed by atoms with Crippen LogP contribution in [0.1, 0.15) is 12.8 Å². The summed E-state index contributed by atoms with van der Waals surface area (Å²) >= 11 is 9.27. The molecule has 118 valence electrons. The molecule has 1 atom stereocenters. The summed E-state index contributed by atoms with van der Waals surface area (Å²) < 4.78 is 31.2. The van der Waals surface area contributed by atoms with Crippen molar-refractivity contribution in [2.75, 3.05) is 31.7 Å². The fourth-order valence-electron chi connectivity index (χ4n) is 2.40. The van der Waals surface area contributed by atoms with E-state index in [-0.39, 0.29) is 5.92 Å². The first-order valence-electron chi connectivity index (χ1n) is 6.60. The lowest BCUT2D eigenvalue weighted by Crippen LogP contribution is -2.41. The minimum absolute atomic E-state index is 0.162. The molecule has 0 aliphatic carbocycles. The molecular weight excluding hydrogens is 380 g/mol. The van der Waals surface area contributed by atoms with E-state index < -0.39 is 10.0 Å². The zero-order valence-corrected chi connectivity index (χ0v) is 14.8. The van der Waals surface area contributed by atoms with Crippen LogP contribution in [0.15, 0.2) is 16.6 Å². The molecular formula is C13H18BrClN2O3S. The van der Waals surface area contributed by atoms with Crippen LogP contribution in [0.4, 0.5) is 5.69 Å². The van der Waals surface area contributed by atoms with Crippen molar-refractivity contribution < 1.29 is 13.2 Å². The maximum absolute atomic E-state index is 11.6. The van der Waals surface area contributed by atoms with Gasteiger partial charge in [-0.25, -0.2) is 12.7 Å². The first-order chi connectivity index (χ1) is 9.77. The van der Waals surface area contributed by atoms with E-state index in [1.165, 1.54) is 10.6 Å². The first kappa shape index (κ1) is 16.9. The van der Waals surface area contributed by atoms with E-state index in [0.29, 0.717) is 40.6 Å². The first-order valence-corrected chi connectivity index (χ1v) is 9.61. The van der Waals surface area contributed by atoms with Crippen LogP contribution in [0.5, 0.6) is 5.75 Å². The van der Waals surface area contributed by atoms with E-state index in [9.17, 15) is 8.42 Å². The van der Waals surface area contributed by atoms with Crippen molar-refractivity contribution >= 4 is 43.2 Å². The number of halogens is 2. The largest absolute Gasteiger partial charge is 0.490 e. The Morgan fingerprint density at radius 1 is 1.52 bits per heavy atom. The molecule has 1 fully saturated rings. The van der Waals surface area contributed by atoms with Crippen molar-refractivity contribution in [1.29, 1.82) is 0 Å².